The minimum Gasteiger partial charge on any atom is -0.355 e. The molecule has 3 amide bonds. The Morgan fingerprint density at radius 3 is 2.48 bits per heavy atom. The van der Waals surface area contributed by atoms with Crippen molar-refractivity contribution in [2.24, 2.45) is 0 Å². The quantitative estimate of drug-likeness (QED) is 0.722. The van der Waals surface area contributed by atoms with Crippen molar-refractivity contribution in [3.8, 4) is 0 Å². The monoisotopic (exact) mass is 319 g/mol. The molecule has 6 nitrogen and oxygen atoms in total. The van der Waals surface area contributed by atoms with E-state index in [2.05, 4.69) is 17.6 Å². The highest BCUT2D eigenvalue weighted by molar-refractivity contribution is 5.98. The molecule has 2 N–H and O–H groups in total. The molecule has 0 fully saturated rings. The van der Waals surface area contributed by atoms with Gasteiger partial charge in [0.25, 0.3) is 0 Å². The molecule has 6 heteroatoms. The van der Waals surface area contributed by atoms with Gasteiger partial charge in [-0.15, -0.1) is 0 Å². The van der Waals surface area contributed by atoms with Crippen molar-refractivity contribution < 1.29 is 14.4 Å². The molecule has 0 heterocycles. The van der Waals surface area contributed by atoms with Crippen LogP contribution in [-0.2, 0) is 14.4 Å². The minimum absolute atomic E-state index is 0.0367. The van der Waals surface area contributed by atoms with Crippen molar-refractivity contribution in [3.05, 3.63) is 24.3 Å². The van der Waals surface area contributed by atoms with Gasteiger partial charge in [-0.3, -0.25) is 14.4 Å². The van der Waals surface area contributed by atoms with Gasteiger partial charge in [-0.2, -0.15) is 0 Å². The number of rotatable bonds is 8. The number of benzene rings is 1. The van der Waals surface area contributed by atoms with Gasteiger partial charge in [0, 0.05) is 31.8 Å². The van der Waals surface area contributed by atoms with E-state index in [1.165, 1.54) is 18.7 Å². The molecule has 0 spiro atoms. The summed E-state index contributed by atoms with van der Waals surface area (Å²) >= 11 is 0. The molecule has 0 saturated carbocycles. The van der Waals surface area contributed by atoms with Crippen LogP contribution in [0.3, 0.4) is 0 Å². The lowest BCUT2D eigenvalue weighted by molar-refractivity contribution is -0.123. The smallest absolute Gasteiger partial charge is 0.240 e. The first-order valence-corrected chi connectivity index (χ1v) is 7.86. The van der Waals surface area contributed by atoms with E-state index in [0.29, 0.717) is 17.9 Å². The van der Waals surface area contributed by atoms with Crippen LogP contribution in [0.2, 0.25) is 0 Å². The van der Waals surface area contributed by atoms with Crippen LogP contribution in [0.15, 0.2) is 24.3 Å². The number of carbonyl (C=O) groups excluding carboxylic acids is 3. The second-order valence-electron chi connectivity index (χ2n) is 5.39. The standard InChI is InChI=1S/C17H25N3O3/c1-4-5-6-10-18-17(23)12-20(14(3)22)16-9-7-8-15(11-16)19-13(2)21/h7-9,11H,4-6,10,12H2,1-3H3,(H,18,23)(H,19,21). The predicted octanol–water partition coefficient (Wildman–Crippen LogP) is 2.30. The molecule has 1 rings (SSSR count). The molecule has 0 atom stereocenters. The number of carbonyl (C=O) groups is 3. The Morgan fingerprint density at radius 1 is 1.13 bits per heavy atom. The summed E-state index contributed by atoms with van der Waals surface area (Å²) in [5.74, 6) is -0.611. The number of amides is 3. The molecule has 0 aliphatic carbocycles. The molecule has 0 saturated heterocycles. The van der Waals surface area contributed by atoms with Gasteiger partial charge < -0.3 is 15.5 Å². The average molecular weight is 319 g/mol. The molecule has 23 heavy (non-hydrogen) atoms. The molecule has 1 aromatic carbocycles. The highest BCUT2D eigenvalue weighted by Crippen LogP contribution is 2.19. The van der Waals surface area contributed by atoms with Crippen molar-refractivity contribution in [1.29, 1.82) is 0 Å². The second kappa shape index (κ2) is 9.61. The highest BCUT2D eigenvalue weighted by Gasteiger charge is 2.16. The van der Waals surface area contributed by atoms with Gasteiger partial charge in [0.05, 0.1) is 0 Å². The van der Waals surface area contributed by atoms with Crippen molar-refractivity contribution in [3.63, 3.8) is 0 Å². The third-order valence-electron chi connectivity index (χ3n) is 3.26. The lowest BCUT2D eigenvalue weighted by Crippen LogP contribution is -2.40. The second-order valence-corrected chi connectivity index (χ2v) is 5.39. The molecular formula is C17H25N3O3. The van der Waals surface area contributed by atoms with E-state index in [9.17, 15) is 14.4 Å². The lowest BCUT2D eigenvalue weighted by atomic mass is 10.2. The first kappa shape index (κ1) is 18.7. The topological polar surface area (TPSA) is 78.5 Å². The van der Waals surface area contributed by atoms with Crippen LogP contribution in [0.25, 0.3) is 0 Å². The third kappa shape index (κ3) is 6.95. The largest absolute Gasteiger partial charge is 0.355 e. The predicted molar refractivity (Wildman–Crippen MR) is 91.3 cm³/mol. The van der Waals surface area contributed by atoms with Crippen LogP contribution in [0.5, 0.6) is 0 Å². The maximum absolute atomic E-state index is 12.0. The minimum atomic E-state index is -0.228. The SMILES string of the molecule is CCCCCNC(=O)CN(C(C)=O)c1cccc(NC(C)=O)c1. The molecule has 0 bridgehead atoms. The first-order valence-electron chi connectivity index (χ1n) is 7.86. The highest BCUT2D eigenvalue weighted by atomic mass is 16.2. The Hall–Kier alpha value is -2.37. The first-order chi connectivity index (χ1) is 10.9. The summed E-state index contributed by atoms with van der Waals surface area (Å²) in [6.07, 6.45) is 3.08. The van der Waals surface area contributed by atoms with Gasteiger partial charge in [0.1, 0.15) is 6.54 Å². The van der Waals surface area contributed by atoms with Crippen LogP contribution >= 0.6 is 0 Å². The van der Waals surface area contributed by atoms with E-state index in [1.54, 1.807) is 24.3 Å². The Kier molecular flexibility index (Phi) is 7.80. The Morgan fingerprint density at radius 2 is 1.87 bits per heavy atom. The molecule has 0 unspecified atom stereocenters. The molecule has 0 aliphatic heterocycles. The number of hydrogen-bond acceptors (Lipinski definition) is 3. The van der Waals surface area contributed by atoms with E-state index >= 15 is 0 Å². The Labute approximate surface area is 137 Å². The fourth-order valence-electron chi connectivity index (χ4n) is 2.14. The van der Waals surface area contributed by atoms with Gasteiger partial charge in [-0.05, 0) is 24.6 Å². The van der Waals surface area contributed by atoms with Crippen LogP contribution in [0.4, 0.5) is 11.4 Å². The fraction of sp³-hybridized carbons (Fsp3) is 0.471. The van der Waals surface area contributed by atoms with Crippen LogP contribution in [-0.4, -0.2) is 30.8 Å². The van der Waals surface area contributed by atoms with E-state index < -0.39 is 0 Å². The van der Waals surface area contributed by atoms with Crippen LogP contribution < -0.4 is 15.5 Å². The molecule has 0 aliphatic rings. The molecule has 1 aromatic rings. The van der Waals surface area contributed by atoms with Gasteiger partial charge in [0.2, 0.25) is 17.7 Å². The summed E-state index contributed by atoms with van der Waals surface area (Å²) in [5.41, 5.74) is 1.16. The van der Waals surface area contributed by atoms with Gasteiger partial charge in [-0.25, -0.2) is 0 Å². The fourth-order valence-corrected chi connectivity index (χ4v) is 2.14. The zero-order chi connectivity index (χ0) is 17.2. The van der Waals surface area contributed by atoms with Crippen molar-refractivity contribution in [2.45, 2.75) is 40.0 Å². The maximum atomic E-state index is 12.0. The number of nitrogens with zero attached hydrogens (tertiary/aromatic N) is 1. The summed E-state index contributed by atoms with van der Waals surface area (Å²) in [7, 11) is 0. The average Bonchev–Trinajstić information content (AvgIpc) is 2.48. The summed E-state index contributed by atoms with van der Waals surface area (Å²) in [4.78, 5) is 36.3. The number of nitrogens with one attached hydrogen (secondary N) is 2. The Balaban J connectivity index is 2.72. The van der Waals surface area contributed by atoms with Crippen molar-refractivity contribution in [1.82, 2.24) is 5.32 Å². The van der Waals surface area contributed by atoms with Gasteiger partial charge in [-0.1, -0.05) is 25.8 Å². The van der Waals surface area contributed by atoms with Gasteiger partial charge in [0.15, 0.2) is 0 Å². The van der Waals surface area contributed by atoms with E-state index in [1.807, 2.05) is 0 Å². The molecular weight excluding hydrogens is 294 g/mol. The van der Waals surface area contributed by atoms with Crippen LogP contribution in [0.1, 0.15) is 40.0 Å². The zero-order valence-electron chi connectivity index (χ0n) is 14.0. The number of hydrogen-bond donors (Lipinski definition) is 2. The van der Waals surface area contributed by atoms with Crippen molar-refractivity contribution >= 4 is 29.1 Å². The summed E-state index contributed by atoms with van der Waals surface area (Å²) in [6.45, 7) is 5.51. The molecule has 126 valence electrons. The summed E-state index contributed by atoms with van der Waals surface area (Å²) in [6, 6.07) is 6.87. The van der Waals surface area contributed by atoms with Crippen molar-refractivity contribution in [2.75, 3.05) is 23.3 Å². The summed E-state index contributed by atoms with van der Waals surface area (Å²) < 4.78 is 0. The third-order valence-corrected chi connectivity index (χ3v) is 3.26. The normalized spacial score (nSPS) is 10.0. The van der Waals surface area contributed by atoms with Crippen LogP contribution in [0, 0.1) is 0 Å². The number of anilines is 2. The van der Waals surface area contributed by atoms with E-state index in [4.69, 9.17) is 0 Å². The number of unbranched alkanes of at least 4 members (excludes halogenated alkanes) is 2. The summed E-state index contributed by atoms with van der Waals surface area (Å²) in [5, 5.41) is 5.48. The Bertz CT molecular complexity index is 558. The zero-order valence-corrected chi connectivity index (χ0v) is 14.0. The molecule has 0 radical (unpaired) electrons. The van der Waals surface area contributed by atoms with E-state index in [0.717, 1.165) is 19.3 Å². The van der Waals surface area contributed by atoms with E-state index in [-0.39, 0.29) is 24.3 Å². The van der Waals surface area contributed by atoms with Gasteiger partial charge >= 0.3 is 0 Å². The maximum Gasteiger partial charge on any atom is 0.240 e. The molecule has 0 aromatic heterocycles. The lowest BCUT2D eigenvalue weighted by Gasteiger charge is -2.21.